The molecule has 2 N–H and O–H groups in total. The molecule has 0 unspecified atom stereocenters. The molecule has 3 amide bonds. The number of thioether (sulfide) groups is 1. The maximum absolute atomic E-state index is 11.8. The highest BCUT2D eigenvalue weighted by molar-refractivity contribution is 8.14. The third kappa shape index (κ3) is 4.06. The zero-order chi connectivity index (χ0) is 15.4. The monoisotopic (exact) mass is 308 g/mol. The maximum atomic E-state index is 11.8. The lowest BCUT2D eigenvalue weighted by Gasteiger charge is -2.12. The van der Waals surface area contributed by atoms with Gasteiger partial charge in [0.2, 0.25) is 11.8 Å². The topological polar surface area (TPSA) is 104 Å². The van der Waals surface area contributed by atoms with E-state index in [2.05, 4.69) is 5.32 Å². The number of amides is 3. The van der Waals surface area contributed by atoms with Gasteiger partial charge in [-0.3, -0.25) is 24.1 Å². The lowest BCUT2D eigenvalue weighted by molar-refractivity contribution is -0.136. The van der Waals surface area contributed by atoms with E-state index in [0.29, 0.717) is 11.3 Å². The number of carboxylic acid groups (broad SMARTS) is 1. The predicted molar refractivity (Wildman–Crippen MR) is 76.0 cm³/mol. The van der Waals surface area contributed by atoms with Crippen molar-refractivity contribution in [2.75, 3.05) is 17.6 Å². The number of carboxylic acids is 1. The van der Waals surface area contributed by atoms with Gasteiger partial charge in [-0.2, -0.15) is 0 Å². The van der Waals surface area contributed by atoms with Crippen LogP contribution in [0.4, 0.5) is 10.5 Å². The molecule has 1 aromatic carbocycles. The average Bonchev–Trinajstić information content (AvgIpc) is 2.72. The van der Waals surface area contributed by atoms with Crippen molar-refractivity contribution in [2.45, 2.75) is 6.42 Å². The number of hydrogen-bond acceptors (Lipinski definition) is 5. The lowest BCUT2D eigenvalue weighted by atomic mass is 10.1. The summed E-state index contributed by atoms with van der Waals surface area (Å²) >= 11 is 0.871. The molecule has 1 fully saturated rings. The summed E-state index contributed by atoms with van der Waals surface area (Å²) in [5, 5.41) is 10.8. The van der Waals surface area contributed by atoms with Crippen LogP contribution in [-0.4, -0.2) is 45.3 Å². The number of benzene rings is 1. The first-order chi connectivity index (χ1) is 9.95. The van der Waals surface area contributed by atoms with Gasteiger partial charge in [-0.25, -0.2) is 0 Å². The Morgan fingerprint density at radius 1 is 1.24 bits per heavy atom. The van der Waals surface area contributed by atoms with Crippen molar-refractivity contribution in [3.63, 3.8) is 0 Å². The highest BCUT2D eigenvalue weighted by atomic mass is 32.2. The van der Waals surface area contributed by atoms with Gasteiger partial charge in [0.05, 0.1) is 12.2 Å². The largest absolute Gasteiger partial charge is 0.481 e. The molecule has 1 aliphatic rings. The van der Waals surface area contributed by atoms with Crippen LogP contribution in [0, 0.1) is 0 Å². The third-order valence-electron chi connectivity index (χ3n) is 2.74. The standard InChI is InChI=1S/C13H12N2O5S/c16-10(6-15-11(17)7-21-13(15)20)14-9-3-1-8(2-4-9)5-12(18)19/h1-4H,5-7H2,(H,14,16)(H,18,19). The molecule has 110 valence electrons. The summed E-state index contributed by atoms with van der Waals surface area (Å²) in [6.45, 7) is -0.318. The van der Waals surface area contributed by atoms with E-state index in [9.17, 15) is 19.2 Å². The molecule has 8 heteroatoms. The Hall–Kier alpha value is -2.35. The first kappa shape index (κ1) is 15.0. The van der Waals surface area contributed by atoms with E-state index in [4.69, 9.17) is 5.11 Å². The van der Waals surface area contributed by atoms with Crippen LogP contribution in [0.25, 0.3) is 0 Å². The van der Waals surface area contributed by atoms with Gasteiger partial charge in [0.15, 0.2) is 0 Å². The van der Waals surface area contributed by atoms with Crippen molar-refractivity contribution in [3.05, 3.63) is 29.8 Å². The van der Waals surface area contributed by atoms with Gasteiger partial charge in [-0.15, -0.1) is 0 Å². The summed E-state index contributed by atoms with van der Waals surface area (Å²) in [4.78, 5) is 45.9. The molecule has 0 saturated carbocycles. The average molecular weight is 308 g/mol. The SMILES string of the molecule is O=C(O)Cc1ccc(NC(=O)CN2C(=O)CSC2=O)cc1. The number of imide groups is 1. The second-order valence-corrected chi connectivity index (χ2v) is 5.28. The van der Waals surface area contributed by atoms with Crippen LogP contribution < -0.4 is 5.32 Å². The molecule has 0 bridgehead atoms. The molecule has 1 aromatic rings. The van der Waals surface area contributed by atoms with E-state index in [1.54, 1.807) is 24.3 Å². The summed E-state index contributed by atoms with van der Waals surface area (Å²) in [5.74, 6) is -1.73. The zero-order valence-electron chi connectivity index (χ0n) is 10.9. The molecule has 0 aliphatic carbocycles. The molecule has 0 radical (unpaired) electrons. The maximum Gasteiger partial charge on any atom is 0.307 e. The molecule has 1 aliphatic heterocycles. The molecule has 1 saturated heterocycles. The van der Waals surface area contributed by atoms with Gasteiger partial charge in [0, 0.05) is 5.69 Å². The van der Waals surface area contributed by atoms with Crippen LogP contribution in [0.3, 0.4) is 0 Å². The molecule has 0 atom stereocenters. The van der Waals surface area contributed by atoms with Crippen LogP contribution in [0.2, 0.25) is 0 Å². The number of carbonyl (C=O) groups is 4. The minimum absolute atomic E-state index is 0.0655. The lowest BCUT2D eigenvalue weighted by Crippen LogP contribution is -2.36. The fourth-order valence-corrected chi connectivity index (χ4v) is 2.48. The number of anilines is 1. The second-order valence-electron chi connectivity index (χ2n) is 4.35. The quantitative estimate of drug-likeness (QED) is 0.839. The summed E-state index contributed by atoms with van der Waals surface area (Å²) in [5.41, 5.74) is 1.09. The minimum Gasteiger partial charge on any atom is -0.481 e. The predicted octanol–water partition coefficient (Wildman–Crippen LogP) is 0.948. The van der Waals surface area contributed by atoms with Crippen LogP contribution in [-0.2, 0) is 20.8 Å². The Bertz CT molecular complexity index is 583. The van der Waals surface area contributed by atoms with E-state index in [1.165, 1.54) is 0 Å². The highest BCUT2D eigenvalue weighted by Gasteiger charge is 2.31. The Morgan fingerprint density at radius 2 is 1.90 bits per heavy atom. The Labute approximate surface area is 124 Å². The van der Waals surface area contributed by atoms with Gasteiger partial charge in [-0.05, 0) is 17.7 Å². The van der Waals surface area contributed by atoms with Crippen molar-refractivity contribution < 1.29 is 24.3 Å². The van der Waals surface area contributed by atoms with Gasteiger partial charge in [0.25, 0.3) is 5.24 Å². The number of nitrogens with zero attached hydrogens (tertiary/aromatic N) is 1. The van der Waals surface area contributed by atoms with Crippen molar-refractivity contribution >= 4 is 40.5 Å². The summed E-state index contributed by atoms with van der Waals surface area (Å²) in [6, 6.07) is 6.31. The Kier molecular flexibility index (Phi) is 4.59. The fraction of sp³-hybridized carbons (Fsp3) is 0.231. The zero-order valence-corrected chi connectivity index (χ0v) is 11.7. The summed E-state index contributed by atoms with van der Waals surface area (Å²) in [6.07, 6.45) is -0.0950. The number of nitrogens with one attached hydrogen (secondary N) is 1. The Balaban J connectivity index is 1.92. The van der Waals surface area contributed by atoms with E-state index < -0.39 is 17.1 Å². The second kappa shape index (κ2) is 6.40. The van der Waals surface area contributed by atoms with Crippen LogP contribution >= 0.6 is 11.8 Å². The van der Waals surface area contributed by atoms with E-state index in [0.717, 1.165) is 16.7 Å². The number of rotatable bonds is 5. The van der Waals surface area contributed by atoms with Crippen molar-refractivity contribution in [2.24, 2.45) is 0 Å². The highest BCUT2D eigenvalue weighted by Crippen LogP contribution is 2.18. The molecule has 0 spiro atoms. The molecule has 2 rings (SSSR count). The third-order valence-corrected chi connectivity index (χ3v) is 3.59. The van der Waals surface area contributed by atoms with Crippen molar-refractivity contribution in [1.29, 1.82) is 0 Å². The minimum atomic E-state index is -0.935. The normalized spacial score (nSPS) is 14.4. The molecular formula is C13H12N2O5S. The van der Waals surface area contributed by atoms with Gasteiger partial charge in [-0.1, -0.05) is 23.9 Å². The van der Waals surface area contributed by atoms with Crippen molar-refractivity contribution in [1.82, 2.24) is 4.90 Å². The molecule has 7 nitrogen and oxygen atoms in total. The first-order valence-electron chi connectivity index (χ1n) is 6.03. The summed E-state index contributed by atoms with van der Waals surface area (Å²) < 4.78 is 0. The molecule has 1 heterocycles. The van der Waals surface area contributed by atoms with Gasteiger partial charge in [0.1, 0.15) is 6.54 Å². The smallest absolute Gasteiger partial charge is 0.307 e. The Morgan fingerprint density at radius 3 is 2.43 bits per heavy atom. The molecule has 0 aromatic heterocycles. The van der Waals surface area contributed by atoms with Crippen LogP contribution in [0.15, 0.2) is 24.3 Å². The van der Waals surface area contributed by atoms with Crippen LogP contribution in [0.5, 0.6) is 0 Å². The van der Waals surface area contributed by atoms with Gasteiger partial charge >= 0.3 is 5.97 Å². The van der Waals surface area contributed by atoms with Crippen molar-refractivity contribution in [3.8, 4) is 0 Å². The van der Waals surface area contributed by atoms with E-state index in [-0.39, 0.29) is 24.6 Å². The number of hydrogen-bond donors (Lipinski definition) is 2. The van der Waals surface area contributed by atoms with E-state index >= 15 is 0 Å². The molecular weight excluding hydrogens is 296 g/mol. The first-order valence-corrected chi connectivity index (χ1v) is 7.02. The summed E-state index contributed by atoms with van der Waals surface area (Å²) in [7, 11) is 0. The number of aliphatic carboxylic acids is 1. The molecule has 21 heavy (non-hydrogen) atoms. The van der Waals surface area contributed by atoms with Crippen LogP contribution in [0.1, 0.15) is 5.56 Å². The van der Waals surface area contributed by atoms with Gasteiger partial charge < -0.3 is 10.4 Å². The van der Waals surface area contributed by atoms with E-state index in [1.807, 2.05) is 0 Å². The number of carbonyl (C=O) groups excluding carboxylic acids is 3. The fourth-order valence-electron chi connectivity index (χ4n) is 1.76.